The highest BCUT2D eigenvalue weighted by atomic mass is 19.2. The van der Waals surface area contributed by atoms with Gasteiger partial charge in [0.05, 0.1) is 7.11 Å². The zero-order valence-electron chi connectivity index (χ0n) is 16.8. The minimum atomic E-state index is -0.966. The maximum Gasteiger partial charge on any atom is 0.164 e. The fraction of sp³-hybridized carbons (Fsp3) is 0.391. The molecule has 4 rings (SSSR count). The highest BCUT2D eigenvalue weighted by Gasteiger charge is 2.24. The van der Waals surface area contributed by atoms with E-state index in [4.69, 9.17) is 9.47 Å². The summed E-state index contributed by atoms with van der Waals surface area (Å²) in [6.45, 7) is 0.916. The van der Waals surface area contributed by atoms with Gasteiger partial charge in [0.2, 0.25) is 0 Å². The van der Waals surface area contributed by atoms with E-state index in [1.54, 1.807) is 12.1 Å². The van der Waals surface area contributed by atoms with Crippen LogP contribution >= 0.6 is 0 Å². The molecule has 0 bridgehead atoms. The van der Waals surface area contributed by atoms with Crippen LogP contribution in [0.4, 0.5) is 13.2 Å². The number of hydrogen-bond acceptors (Lipinski definition) is 3. The van der Waals surface area contributed by atoms with Crippen LogP contribution in [0.25, 0.3) is 10.9 Å². The molecule has 0 saturated heterocycles. The van der Waals surface area contributed by atoms with Crippen LogP contribution in [0.5, 0.6) is 11.5 Å². The highest BCUT2D eigenvalue weighted by molar-refractivity contribution is 5.83. The van der Waals surface area contributed by atoms with Crippen molar-refractivity contribution < 1.29 is 22.6 Å². The summed E-state index contributed by atoms with van der Waals surface area (Å²) < 4.78 is 50.9. The number of ether oxygens (including phenoxy) is 2. The van der Waals surface area contributed by atoms with Crippen molar-refractivity contribution in [2.45, 2.75) is 37.6 Å². The van der Waals surface area contributed by atoms with Crippen LogP contribution < -0.4 is 14.8 Å². The number of H-pyrrole nitrogens is 1. The Labute approximate surface area is 173 Å². The van der Waals surface area contributed by atoms with Crippen LogP contribution in [0, 0.1) is 17.5 Å². The largest absolute Gasteiger partial charge is 0.493 e. The monoisotopic (exact) mass is 418 g/mol. The van der Waals surface area contributed by atoms with Crippen molar-refractivity contribution in [2.24, 2.45) is 0 Å². The van der Waals surface area contributed by atoms with Crippen molar-refractivity contribution in [3.05, 3.63) is 59.5 Å². The summed E-state index contributed by atoms with van der Waals surface area (Å²) in [4.78, 5) is 3.24. The SMILES string of the molecule is COc1cc(F)c(F)cc1OCCNC1CCC(c2c[nH]c3ccc(F)cc23)CC1. The molecule has 2 aromatic carbocycles. The molecule has 1 heterocycles. The molecule has 3 aromatic rings. The Morgan fingerprint density at radius 3 is 2.47 bits per heavy atom. The first-order chi connectivity index (χ1) is 14.5. The predicted molar refractivity (Wildman–Crippen MR) is 110 cm³/mol. The molecule has 0 unspecified atom stereocenters. The van der Waals surface area contributed by atoms with Crippen LogP contribution in [0.2, 0.25) is 0 Å². The summed E-state index contributed by atoms with van der Waals surface area (Å²) in [7, 11) is 1.39. The summed E-state index contributed by atoms with van der Waals surface area (Å²) in [5.74, 6) is -1.36. The van der Waals surface area contributed by atoms with E-state index in [1.807, 2.05) is 6.20 Å². The number of fused-ring (bicyclic) bond motifs is 1. The van der Waals surface area contributed by atoms with E-state index in [0.29, 0.717) is 25.1 Å². The Morgan fingerprint density at radius 1 is 1.00 bits per heavy atom. The average Bonchev–Trinajstić information content (AvgIpc) is 3.17. The third-order valence-electron chi connectivity index (χ3n) is 5.84. The van der Waals surface area contributed by atoms with Crippen LogP contribution in [-0.4, -0.2) is 31.3 Å². The quantitative estimate of drug-likeness (QED) is 0.513. The van der Waals surface area contributed by atoms with Gasteiger partial charge in [-0.25, -0.2) is 13.2 Å². The van der Waals surface area contributed by atoms with Gasteiger partial charge in [-0.15, -0.1) is 0 Å². The molecule has 0 amide bonds. The van der Waals surface area contributed by atoms with Gasteiger partial charge in [0, 0.05) is 41.8 Å². The minimum Gasteiger partial charge on any atom is -0.493 e. The van der Waals surface area contributed by atoms with Gasteiger partial charge < -0.3 is 19.8 Å². The molecule has 0 spiro atoms. The summed E-state index contributed by atoms with van der Waals surface area (Å²) >= 11 is 0. The molecule has 0 atom stereocenters. The van der Waals surface area contributed by atoms with Crippen LogP contribution in [0.3, 0.4) is 0 Å². The van der Waals surface area contributed by atoms with Gasteiger partial charge in [-0.3, -0.25) is 0 Å². The molecule has 1 aliphatic carbocycles. The average molecular weight is 418 g/mol. The first-order valence-corrected chi connectivity index (χ1v) is 10.2. The number of halogens is 3. The zero-order valence-corrected chi connectivity index (χ0v) is 16.8. The standard InChI is InChI=1S/C23H25F3N2O2/c1-29-22-11-19(25)20(26)12-23(22)30-9-8-27-16-5-2-14(3-6-16)18-13-28-21-7-4-15(24)10-17(18)21/h4,7,10-14,16,27-28H,2-3,5-6,8-9H2,1H3. The second kappa shape index (κ2) is 9.00. The van der Waals surface area contributed by atoms with Crippen LogP contribution in [0.15, 0.2) is 36.5 Å². The molecule has 0 radical (unpaired) electrons. The van der Waals surface area contributed by atoms with Crippen molar-refractivity contribution in [2.75, 3.05) is 20.3 Å². The van der Waals surface area contributed by atoms with E-state index in [2.05, 4.69) is 10.3 Å². The second-order valence-electron chi connectivity index (χ2n) is 7.70. The van der Waals surface area contributed by atoms with E-state index in [-0.39, 0.29) is 17.3 Å². The molecule has 0 aliphatic heterocycles. The number of rotatable bonds is 7. The zero-order chi connectivity index (χ0) is 21.1. The van der Waals surface area contributed by atoms with E-state index in [9.17, 15) is 13.2 Å². The molecule has 2 N–H and O–H groups in total. The Morgan fingerprint density at radius 2 is 1.73 bits per heavy atom. The van der Waals surface area contributed by atoms with Crippen molar-refractivity contribution in [1.82, 2.24) is 10.3 Å². The lowest BCUT2D eigenvalue weighted by Gasteiger charge is -2.29. The molecular formula is C23H25F3N2O2. The van der Waals surface area contributed by atoms with Gasteiger partial charge in [-0.2, -0.15) is 0 Å². The Kier molecular flexibility index (Phi) is 6.18. The maximum absolute atomic E-state index is 13.6. The lowest BCUT2D eigenvalue weighted by atomic mass is 9.81. The van der Waals surface area contributed by atoms with Crippen LogP contribution in [-0.2, 0) is 0 Å². The van der Waals surface area contributed by atoms with Crippen molar-refractivity contribution in [1.29, 1.82) is 0 Å². The van der Waals surface area contributed by atoms with E-state index in [0.717, 1.165) is 48.7 Å². The Bertz CT molecular complexity index is 1010. The molecule has 1 aliphatic rings. The lowest BCUT2D eigenvalue weighted by molar-refractivity contribution is 0.269. The number of hydrogen-bond donors (Lipinski definition) is 2. The van der Waals surface area contributed by atoms with Crippen molar-refractivity contribution in [3.63, 3.8) is 0 Å². The second-order valence-corrected chi connectivity index (χ2v) is 7.70. The molecule has 30 heavy (non-hydrogen) atoms. The lowest BCUT2D eigenvalue weighted by Crippen LogP contribution is -2.35. The van der Waals surface area contributed by atoms with Gasteiger partial charge in [0.25, 0.3) is 0 Å². The first kappa shape index (κ1) is 20.6. The van der Waals surface area contributed by atoms with E-state index >= 15 is 0 Å². The summed E-state index contributed by atoms with van der Waals surface area (Å²) in [5, 5.41) is 4.44. The molecule has 4 nitrogen and oxygen atoms in total. The Balaban J connectivity index is 1.26. The predicted octanol–water partition coefficient (Wildman–Crippen LogP) is 5.29. The number of benzene rings is 2. The number of aromatic amines is 1. The molecule has 1 fully saturated rings. The molecule has 7 heteroatoms. The third kappa shape index (κ3) is 4.41. The van der Waals surface area contributed by atoms with Crippen molar-refractivity contribution >= 4 is 10.9 Å². The van der Waals surface area contributed by atoms with Gasteiger partial charge >= 0.3 is 0 Å². The molecule has 1 aromatic heterocycles. The number of nitrogens with one attached hydrogen (secondary N) is 2. The van der Waals surface area contributed by atoms with Crippen molar-refractivity contribution in [3.8, 4) is 11.5 Å². The fourth-order valence-corrected chi connectivity index (χ4v) is 4.27. The Hall–Kier alpha value is -2.67. The summed E-state index contributed by atoms with van der Waals surface area (Å²) in [6, 6.07) is 7.22. The smallest absolute Gasteiger partial charge is 0.164 e. The number of methoxy groups -OCH3 is 1. The topological polar surface area (TPSA) is 46.3 Å². The van der Waals surface area contributed by atoms with Gasteiger partial charge in [-0.1, -0.05) is 0 Å². The number of aromatic nitrogens is 1. The fourth-order valence-electron chi connectivity index (χ4n) is 4.27. The minimum absolute atomic E-state index is 0.171. The normalized spacial score (nSPS) is 19.2. The molecular weight excluding hydrogens is 393 g/mol. The third-order valence-corrected chi connectivity index (χ3v) is 5.84. The van der Waals surface area contributed by atoms with E-state index in [1.165, 1.54) is 18.7 Å². The molecule has 160 valence electrons. The summed E-state index contributed by atoms with van der Waals surface area (Å²) in [6.07, 6.45) is 6.09. The first-order valence-electron chi connectivity index (χ1n) is 10.2. The molecule has 1 saturated carbocycles. The highest BCUT2D eigenvalue weighted by Crippen LogP contribution is 2.37. The van der Waals surface area contributed by atoms with Gasteiger partial charge in [0.1, 0.15) is 12.4 Å². The summed E-state index contributed by atoms with van der Waals surface area (Å²) in [5.41, 5.74) is 2.16. The van der Waals surface area contributed by atoms with Gasteiger partial charge in [-0.05, 0) is 55.4 Å². The van der Waals surface area contributed by atoms with Crippen LogP contribution in [0.1, 0.15) is 37.2 Å². The van der Waals surface area contributed by atoms with E-state index < -0.39 is 11.6 Å². The maximum atomic E-state index is 13.6. The van der Waals surface area contributed by atoms with Gasteiger partial charge in [0.15, 0.2) is 23.1 Å².